The number of alkyl carbamates (subject to hydrolysis) is 1. The number of nitrogens with zero attached hydrogens (tertiary/aromatic N) is 2. The Morgan fingerprint density at radius 1 is 1.38 bits per heavy atom. The van der Waals surface area contributed by atoms with E-state index in [1.807, 2.05) is 20.8 Å². The molecule has 0 bridgehead atoms. The number of rotatable bonds is 6. The second kappa shape index (κ2) is 7.66. The zero-order valence-corrected chi connectivity index (χ0v) is 13.0. The van der Waals surface area contributed by atoms with Crippen molar-refractivity contribution in [2.45, 2.75) is 46.3 Å². The first kappa shape index (κ1) is 17.0. The molecule has 0 aliphatic carbocycles. The van der Waals surface area contributed by atoms with Crippen LogP contribution >= 0.6 is 0 Å². The van der Waals surface area contributed by atoms with Crippen molar-refractivity contribution in [3.8, 4) is 0 Å². The Morgan fingerprint density at radius 2 is 2.10 bits per heavy atom. The number of esters is 1. The van der Waals surface area contributed by atoms with Gasteiger partial charge in [0.25, 0.3) is 0 Å². The van der Waals surface area contributed by atoms with Gasteiger partial charge in [0.1, 0.15) is 5.60 Å². The molecular weight excluding hydrogens is 274 g/mol. The minimum Gasteiger partial charge on any atom is -0.460 e. The van der Waals surface area contributed by atoms with E-state index >= 15 is 0 Å². The topological polar surface area (TPSA) is 82.5 Å². The molecule has 0 radical (unpaired) electrons. The third-order valence-corrected chi connectivity index (χ3v) is 2.42. The summed E-state index contributed by atoms with van der Waals surface area (Å²) < 4.78 is 11.7. The highest BCUT2D eigenvalue weighted by Crippen LogP contribution is 2.06. The summed E-state index contributed by atoms with van der Waals surface area (Å²) in [5.41, 5.74) is -0.508. The molecule has 1 heterocycles. The lowest BCUT2D eigenvalue weighted by atomic mass is 10.2. The van der Waals surface area contributed by atoms with Gasteiger partial charge < -0.3 is 19.4 Å². The first-order valence-electron chi connectivity index (χ1n) is 6.98. The summed E-state index contributed by atoms with van der Waals surface area (Å²) in [4.78, 5) is 27.1. The molecule has 1 aromatic heterocycles. The van der Waals surface area contributed by atoms with Crippen LogP contribution in [0.15, 0.2) is 12.4 Å². The number of carbonyl (C=O) groups is 2. The van der Waals surface area contributed by atoms with Crippen LogP contribution in [0.5, 0.6) is 0 Å². The summed E-state index contributed by atoms with van der Waals surface area (Å²) in [6.07, 6.45) is 3.47. The van der Waals surface area contributed by atoms with Gasteiger partial charge in [-0.1, -0.05) is 0 Å². The fourth-order valence-corrected chi connectivity index (χ4v) is 1.63. The summed E-state index contributed by atoms with van der Waals surface area (Å²) in [7, 11) is 0. The van der Waals surface area contributed by atoms with Gasteiger partial charge in [0.05, 0.1) is 6.61 Å². The molecule has 0 aliphatic rings. The third-order valence-electron chi connectivity index (χ3n) is 2.42. The quantitative estimate of drug-likeness (QED) is 0.641. The van der Waals surface area contributed by atoms with E-state index in [9.17, 15) is 9.59 Å². The van der Waals surface area contributed by atoms with Gasteiger partial charge in [-0.2, -0.15) is 0 Å². The Kier molecular flexibility index (Phi) is 6.20. The van der Waals surface area contributed by atoms with Crippen LogP contribution in [0, 0.1) is 0 Å². The van der Waals surface area contributed by atoms with Crippen LogP contribution in [0.2, 0.25) is 0 Å². The van der Waals surface area contributed by atoms with Crippen molar-refractivity contribution in [2.75, 3.05) is 13.2 Å². The summed E-state index contributed by atoms with van der Waals surface area (Å²) in [6.45, 7) is 8.50. The van der Waals surface area contributed by atoms with Gasteiger partial charge in [0.15, 0.2) is 0 Å². The van der Waals surface area contributed by atoms with Crippen molar-refractivity contribution < 1.29 is 19.1 Å². The van der Waals surface area contributed by atoms with Gasteiger partial charge in [0.2, 0.25) is 5.82 Å². The number of imidazole rings is 1. The fraction of sp³-hybridized carbons (Fsp3) is 0.643. The molecule has 0 atom stereocenters. The van der Waals surface area contributed by atoms with Crippen molar-refractivity contribution in [2.24, 2.45) is 0 Å². The van der Waals surface area contributed by atoms with Crippen LogP contribution in [0.25, 0.3) is 0 Å². The number of carbonyl (C=O) groups excluding carboxylic acids is 2. The van der Waals surface area contributed by atoms with E-state index in [1.165, 1.54) is 0 Å². The average Bonchev–Trinajstić information content (AvgIpc) is 2.81. The minimum atomic E-state index is -0.508. The van der Waals surface area contributed by atoms with E-state index in [1.54, 1.807) is 23.9 Å². The van der Waals surface area contributed by atoms with Crippen molar-refractivity contribution in [3.63, 3.8) is 0 Å². The molecule has 0 aromatic carbocycles. The molecular formula is C14H23N3O4. The van der Waals surface area contributed by atoms with Crippen LogP contribution < -0.4 is 5.32 Å². The van der Waals surface area contributed by atoms with Gasteiger partial charge >= 0.3 is 12.1 Å². The molecule has 0 saturated carbocycles. The van der Waals surface area contributed by atoms with Crippen LogP contribution in [-0.4, -0.2) is 40.4 Å². The van der Waals surface area contributed by atoms with Gasteiger partial charge in [0, 0.05) is 25.5 Å². The molecule has 1 rings (SSSR count). The average molecular weight is 297 g/mol. The summed E-state index contributed by atoms with van der Waals surface area (Å²) in [5.74, 6) is -0.170. The second-order valence-corrected chi connectivity index (χ2v) is 5.45. The minimum absolute atomic E-state index is 0.272. The molecule has 0 aliphatic heterocycles. The van der Waals surface area contributed by atoms with E-state index in [2.05, 4.69) is 10.3 Å². The monoisotopic (exact) mass is 297 g/mol. The second-order valence-electron chi connectivity index (χ2n) is 5.45. The number of nitrogens with one attached hydrogen (secondary N) is 1. The molecule has 21 heavy (non-hydrogen) atoms. The Morgan fingerprint density at radius 3 is 2.71 bits per heavy atom. The molecule has 0 fully saturated rings. The predicted octanol–water partition coefficient (Wildman–Crippen LogP) is 1.97. The van der Waals surface area contributed by atoms with Crippen molar-refractivity contribution in [1.29, 1.82) is 0 Å². The highest BCUT2D eigenvalue weighted by molar-refractivity contribution is 5.85. The van der Waals surface area contributed by atoms with Crippen molar-refractivity contribution in [3.05, 3.63) is 18.2 Å². The maximum absolute atomic E-state index is 11.6. The standard InChI is InChI=1S/C14H23N3O4/c1-5-20-12(18)11-15-8-10-17(11)9-6-7-16-13(19)21-14(2,3)4/h8,10H,5-7,9H2,1-4H3,(H,16,19). The van der Waals surface area contributed by atoms with E-state index in [0.717, 1.165) is 0 Å². The zero-order chi connectivity index (χ0) is 15.9. The number of aryl methyl sites for hydroxylation is 1. The lowest BCUT2D eigenvalue weighted by molar-refractivity contribution is 0.0497. The molecule has 118 valence electrons. The largest absolute Gasteiger partial charge is 0.460 e. The number of aromatic nitrogens is 2. The predicted molar refractivity (Wildman–Crippen MR) is 77.0 cm³/mol. The Hall–Kier alpha value is -2.05. The molecule has 0 saturated heterocycles. The number of hydrogen-bond donors (Lipinski definition) is 1. The summed E-state index contributed by atoms with van der Waals surface area (Å²) in [6, 6.07) is 0. The summed E-state index contributed by atoms with van der Waals surface area (Å²) >= 11 is 0. The number of ether oxygens (including phenoxy) is 2. The van der Waals surface area contributed by atoms with E-state index < -0.39 is 17.7 Å². The normalized spacial score (nSPS) is 11.0. The van der Waals surface area contributed by atoms with Gasteiger partial charge in [-0.3, -0.25) is 0 Å². The highest BCUT2D eigenvalue weighted by Gasteiger charge is 2.16. The smallest absolute Gasteiger partial charge is 0.407 e. The Bertz CT molecular complexity index is 477. The zero-order valence-electron chi connectivity index (χ0n) is 13.0. The molecule has 0 spiro atoms. The van der Waals surface area contributed by atoms with Crippen LogP contribution in [0.4, 0.5) is 4.79 Å². The van der Waals surface area contributed by atoms with Gasteiger partial charge in [-0.15, -0.1) is 0 Å². The van der Waals surface area contributed by atoms with E-state index in [-0.39, 0.29) is 5.82 Å². The van der Waals surface area contributed by atoms with Crippen molar-refractivity contribution >= 4 is 12.1 Å². The highest BCUT2D eigenvalue weighted by atomic mass is 16.6. The molecule has 1 aromatic rings. The lowest BCUT2D eigenvalue weighted by Gasteiger charge is -2.19. The van der Waals surface area contributed by atoms with Crippen LogP contribution in [0.3, 0.4) is 0 Å². The van der Waals surface area contributed by atoms with Gasteiger partial charge in [-0.25, -0.2) is 14.6 Å². The van der Waals surface area contributed by atoms with Crippen molar-refractivity contribution in [1.82, 2.24) is 14.9 Å². The van der Waals surface area contributed by atoms with E-state index in [0.29, 0.717) is 26.1 Å². The first-order chi connectivity index (χ1) is 9.83. The summed E-state index contributed by atoms with van der Waals surface area (Å²) in [5, 5.41) is 2.66. The lowest BCUT2D eigenvalue weighted by Crippen LogP contribution is -2.33. The first-order valence-corrected chi connectivity index (χ1v) is 6.98. The fourth-order valence-electron chi connectivity index (χ4n) is 1.63. The maximum Gasteiger partial charge on any atom is 0.407 e. The van der Waals surface area contributed by atoms with E-state index in [4.69, 9.17) is 9.47 Å². The molecule has 0 unspecified atom stereocenters. The Balaban J connectivity index is 2.35. The Labute approximate surface area is 124 Å². The SMILES string of the molecule is CCOC(=O)c1nccn1CCCNC(=O)OC(C)(C)C. The van der Waals surface area contributed by atoms with Crippen LogP contribution in [-0.2, 0) is 16.0 Å². The third kappa shape index (κ3) is 6.29. The maximum atomic E-state index is 11.6. The molecule has 7 nitrogen and oxygen atoms in total. The molecule has 7 heteroatoms. The molecule has 1 amide bonds. The van der Waals surface area contributed by atoms with Gasteiger partial charge in [-0.05, 0) is 34.1 Å². The number of hydrogen-bond acceptors (Lipinski definition) is 5. The number of amides is 1. The van der Waals surface area contributed by atoms with Crippen LogP contribution in [0.1, 0.15) is 44.7 Å². The molecule has 1 N–H and O–H groups in total.